The molecule has 0 rings (SSSR count). The quantitative estimate of drug-likeness (QED) is 0.193. The lowest BCUT2D eigenvalue weighted by Crippen LogP contribution is -2.16. The molecule has 0 aromatic heterocycles. The van der Waals surface area contributed by atoms with Crippen molar-refractivity contribution in [2.24, 2.45) is 9.98 Å². The van der Waals surface area contributed by atoms with Crippen LogP contribution in [0.15, 0.2) is 22.6 Å². The molecule has 0 aromatic carbocycles. The van der Waals surface area contributed by atoms with Crippen molar-refractivity contribution in [2.75, 3.05) is 13.2 Å². The average molecular weight is 252 g/mol. The molecule has 98 valence electrons. The predicted octanol–water partition coefficient (Wildman–Crippen LogP) is 1.32. The maximum Gasteiger partial charge on any atom is 0.330 e. The molecular formula is C12H16N2O4. The Kier molecular flexibility index (Phi) is 10.2. The van der Waals surface area contributed by atoms with E-state index in [9.17, 15) is 14.4 Å². The maximum atomic E-state index is 10.8. The van der Waals surface area contributed by atoms with Crippen LogP contribution in [0.2, 0.25) is 0 Å². The summed E-state index contributed by atoms with van der Waals surface area (Å²) >= 11 is 0. The van der Waals surface area contributed by atoms with Crippen molar-refractivity contribution >= 4 is 18.1 Å². The van der Waals surface area contributed by atoms with Crippen molar-refractivity contribution in [3.8, 4) is 0 Å². The van der Waals surface area contributed by atoms with E-state index in [4.69, 9.17) is 4.74 Å². The number of aliphatic imine (C=N–C) groups is 2. The van der Waals surface area contributed by atoms with E-state index in [1.54, 1.807) is 0 Å². The molecule has 0 amide bonds. The molecule has 0 bridgehead atoms. The number of esters is 1. The summed E-state index contributed by atoms with van der Waals surface area (Å²) in [6.45, 7) is 3.77. The summed E-state index contributed by atoms with van der Waals surface area (Å²) in [5.74, 6) is -0.540. The second-order valence-electron chi connectivity index (χ2n) is 3.53. The highest BCUT2D eigenvalue weighted by Gasteiger charge is 2.09. The highest BCUT2D eigenvalue weighted by molar-refractivity contribution is 5.81. The van der Waals surface area contributed by atoms with Gasteiger partial charge in [0.15, 0.2) is 0 Å². The first-order valence-electron chi connectivity index (χ1n) is 5.64. The molecule has 0 aliphatic heterocycles. The van der Waals surface area contributed by atoms with Crippen LogP contribution in [0.4, 0.5) is 0 Å². The Bertz CT molecular complexity index is 355. The number of hydrogen-bond acceptors (Lipinski definition) is 6. The van der Waals surface area contributed by atoms with Crippen LogP contribution >= 0.6 is 0 Å². The summed E-state index contributed by atoms with van der Waals surface area (Å²) in [4.78, 5) is 37.8. The first-order chi connectivity index (χ1) is 8.74. The molecule has 0 N–H and O–H groups in total. The van der Waals surface area contributed by atoms with Gasteiger partial charge >= 0.3 is 5.97 Å². The van der Waals surface area contributed by atoms with Crippen molar-refractivity contribution < 1.29 is 19.1 Å². The molecule has 0 radical (unpaired) electrons. The van der Waals surface area contributed by atoms with Gasteiger partial charge in [-0.2, -0.15) is 4.99 Å². The summed E-state index contributed by atoms with van der Waals surface area (Å²) in [6.07, 6.45) is 7.03. The fraction of sp³-hybridized carbons (Fsp3) is 0.583. The highest BCUT2D eigenvalue weighted by atomic mass is 16.5. The molecule has 0 fully saturated rings. The van der Waals surface area contributed by atoms with Crippen molar-refractivity contribution in [3.05, 3.63) is 12.7 Å². The van der Waals surface area contributed by atoms with Gasteiger partial charge in [0.25, 0.3) is 0 Å². The zero-order valence-corrected chi connectivity index (χ0v) is 10.1. The van der Waals surface area contributed by atoms with Gasteiger partial charge in [0.2, 0.25) is 12.2 Å². The maximum absolute atomic E-state index is 10.8. The third-order valence-electron chi connectivity index (χ3n) is 2.19. The minimum absolute atomic E-state index is 0.0482. The van der Waals surface area contributed by atoms with E-state index in [-0.39, 0.29) is 12.6 Å². The fourth-order valence-corrected chi connectivity index (χ4v) is 1.29. The zero-order valence-electron chi connectivity index (χ0n) is 10.1. The summed E-state index contributed by atoms with van der Waals surface area (Å²) in [5, 5.41) is 0. The number of ether oxygens (including phenoxy) is 1. The van der Waals surface area contributed by atoms with Crippen LogP contribution in [-0.2, 0) is 19.1 Å². The third-order valence-corrected chi connectivity index (χ3v) is 2.19. The lowest BCUT2D eigenvalue weighted by Gasteiger charge is -2.09. The molecule has 6 heteroatoms. The van der Waals surface area contributed by atoms with Crippen LogP contribution in [0.3, 0.4) is 0 Å². The minimum Gasteiger partial charge on any atom is -0.460 e. The van der Waals surface area contributed by atoms with E-state index in [0.717, 1.165) is 25.3 Å². The number of carbonyl (C=O) groups is 1. The molecule has 0 saturated carbocycles. The molecule has 0 aliphatic carbocycles. The summed E-state index contributed by atoms with van der Waals surface area (Å²) in [7, 11) is 0. The van der Waals surface area contributed by atoms with Gasteiger partial charge in [-0.3, -0.25) is 0 Å². The van der Waals surface area contributed by atoms with Crippen LogP contribution in [0.1, 0.15) is 25.7 Å². The van der Waals surface area contributed by atoms with Gasteiger partial charge in [0.1, 0.15) is 6.61 Å². The van der Waals surface area contributed by atoms with Gasteiger partial charge in [-0.25, -0.2) is 19.4 Å². The van der Waals surface area contributed by atoms with Gasteiger partial charge in [-0.1, -0.05) is 19.4 Å². The normalized spacial score (nSPS) is 10.7. The Morgan fingerprint density at radius 3 is 2.67 bits per heavy atom. The van der Waals surface area contributed by atoms with Crippen LogP contribution in [0.25, 0.3) is 0 Å². The SMILES string of the molecule is C=CC(=O)OCC(CCCCCN=C=O)N=C=O. The highest BCUT2D eigenvalue weighted by Crippen LogP contribution is 2.07. The topological polar surface area (TPSA) is 85.2 Å². The van der Waals surface area contributed by atoms with Gasteiger partial charge in [-0.15, -0.1) is 0 Å². The monoisotopic (exact) mass is 252 g/mol. The molecule has 6 nitrogen and oxygen atoms in total. The summed E-state index contributed by atoms with van der Waals surface area (Å²) in [6, 6.07) is -0.374. The average Bonchev–Trinajstić information content (AvgIpc) is 2.39. The number of nitrogens with zero attached hydrogens (tertiary/aromatic N) is 2. The van der Waals surface area contributed by atoms with Crippen molar-refractivity contribution in [2.45, 2.75) is 31.7 Å². The Labute approximate surface area is 105 Å². The second kappa shape index (κ2) is 11.5. The number of hydrogen-bond donors (Lipinski definition) is 0. The van der Waals surface area contributed by atoms with Crippen molar-refractivity contribution in [3.63, 3.8) is 0 Å². The number of carbonyl (C=O) groups excluding carboxylic acids is 3. The Hall–Kier alpha value is -2.03. The number of isocyanates is 2. The van der Waals surface area contributed by atoms with Gasteiger partial charge in [0.05, 0.1) is 12.6 Å². The second-order valence-corrected chi connectivity index (χ2v) is 3.53. The number of rotatable bonds is 10. The smallest absolute Gasteiger partial charge is 0.330 e. The van der Waals surface area contributed by atoms with Crippen LogP contribution in [0.5, 0.6) is 0 Å². The Morgan fingerprint density at radius 1 is 1.28 bits per heavy atom. The zero-order chi connectivity index (χ0) is 13.6. The molecule has 0 saturated heterocycles. The van der Waals surface area contributed by atoms with E-state index in [0.29, 0.717) is 13.0 Å². The van der Waals surface area contributed by atoms with Gasteiger partial charge < -0.3 is 4.74 Å². The minimum atomic E-state index is -0.540. The predicted molar refractivity (Wildman–Crippen MR) is 64.5 cm³/mol. The molecule has 0 heterocycles. The van der Waals surface area contributed by atoms with E-state index >= 15 is 0 Å². The van der Waals surface area contributed by atoms with Crippen LogP contribution in [0, 0.1) is 0 Å². The largest absolute Gasteiger partial charge is 0.460 e. The van der Waals surface area contributed by atoms with Crippen molar-refractivity contribution in [1.82, 2.24) is 0 Å². The Morgan fingerprint density at radius 2 is 2.06 bits per heavy atom. The molecule has 0 aliphatic rings. The molecular weight excluding hydrogens is 236 g/mol. The third kappa shape index (κ3) is 9.21. The molecule has 1 unspecified atom stereocenters. The molecule has 18 heavy (non-hydrogen) atoms. The standard InChI is InChI=1S/C12H16N2O4/c1-2-12(17)18-8-11(14-10-16)6-4-3-5-7-13-9-15/h2,11H,1,3-8H2. The van der Waals surface area contributed by atoms with Crippen LogP contribution < -0.4 is 0 Å². The summed E-state index contributed by atoms with van der Waals surface area (Å²) < 4.78 is 4.80. The van der Waals surface area contributed by atoms with Crippen LogP contribution in [-0.4, -0.2) is 37.3 Å². The first-order valence-corrected chi connectivity index (χ1v) is 5.64. The van der Waals surface area contributed by atoms with E-state index in [1.807, 2.05) is 0 Å². The molecule has 0 aromatic rings. The van der Waals surface area contributed by atoms with E-state index in [1.165, 1.54) is 12.2 Å². The van der Waals surface area contributed by atoms with E-state index in [2.05, 4.69) is 16.6 Å². The van der Waals surface area contributed by atoms with E-state index < -0.39 is 5.97 Å². The lowest BCUT2D eigenvalue weighted by molar-refractivity contribution is -0.138. The van der Waals surface area contributed by atoms with Gasteiger partial charge in [0, 0.05) is 6.08 Å². The fourth-order valence-electron chi connectivity index (χ4n) is 1.29. The molecule has 0 spiro atoms. The number of unbranched alkanes of at least 4 members (excludes halogenated alkanes) is 2. The lowest BCUT2D eigenvalue weighted by atomic mass is 10.1. The van der Waals surface area contributed by atoms with Crippen molar-refractivity contribution in [1.29, 1.82) is 0 Å². The van der Waals surface area contributed by atoms with Gasteiger partial charge in [-0.05, 0) is 12.8 Å². The molecule has 1 atom stereocenters. The summed E-state index contributed by atoms with van der Waals surface area (Å²) in [5.41, 5.74) is 0. The Balaban J connectivity index is 3.82. The first kappa shape index (κ1) is 16.0.